The summed E-state index contributed by atoms with van der Waals surface area (Å²) < 4.78 is 0. The maximum atomic E-state index is 2.23. The average Bonchev–Trinajstić information content (AvgIpc) is 1.81. The zero-order chi connectivity index (χ0) is 6.24. The van der Waals surface area contributed by atoms with Gasteiger partial charge in [0, 0.05) is 0 Å². The molecule has 1 heteroatoms. The molecule has 0 atom stereocenters. The van der Waals surface area contributed by atoms with E-state index in [9.17, 15) is 0 Å². The first kappa shape index (κ1) is 12.4. The summed E-state index contributed by atoms with van der Waals surface area (Å²) >= 11 is 0. The van der Waals surface area contributed by atoms with Crippen LogP contribution in [0.25, 0.3) is 0 Å². The summed E-state index contributed by atoms with van der Waals surface area (Å²) in [5.41, 5.74) is 0. The Morgan fingerprint density at radius 1 is 1.33 bits per heavy atom. The second-order valence-electron chi connectivity index (χ2n) is 2.06. The molecule has 9 heavy (non-hydrogen) atoms. The molecule has 0 saturated heterocycles. The van der Waals surface area contributed by atoms with Gasteiger partial charge in [-0.05, 0) is 19.8 Å². The molecule has 0 heterocycles. The molecular weight excluding hydrogens is 119 g/mol. The molecule has 0 N–H and O–H groups in total. The number of unbranched alkanes of at least 4 members (excludes halogenated alkanes) is 3. The minimum atomic E-state index is 0. The summed E-state index contributed by atoms with van der Waals surface area (Å²) in [5, 5.41) is 0. The molecule has 0 spiro atoms. The Hall–Kier alpha value is 0.740. The van der Waals surface area contributed by atoms with Crippen molar-refractivity contribution in [2.45, 2.75) is 39.5 Å². The second-order valence-corrected chi connectivity index (χ2v) is 2.06. The average molecular weight is 136 g/mol. The van der Waals surface area contributed by atoms with Gasteiger partial charge in [-0.25, -0.2) is 0 Å². The van der Waals surface area contributed by atoms with Crippen molar-refractivity contribution in [3.8, 4) is 0 Å². The van der Waals surface area contributed by atoms with E-state index in [1.54, 1.807) is 0 Å². The van der Waals surface area contributed by atoms with Gasteiger partial charge in [0.25, 0.3) is 0 Å². The summed E-state index contributed by atoms with van der Waals surface area (Å²) in [7, 11) is 0. The molecule has 0 saturated carbocycles. The molecule has 0 fully saturated rings. The first-order valence-corrected chi connectivity index (χ1v) is 3.53. The van der Waals surface area contributed by atoms with Crippen molar-refractivity contribution < 1.29 is 31.0 Å². The third kappa shape index (κ3) is 12.1. The Balaban J connectivity index is -0.000000245. The van der Waals surface area contributed by atoms with Crippen LogP contribution >= 0.6 is 0 Å². The molecule has 0 nitrogen and oxygen atoms in total. The quantitative estimate of drug-likeness (QED) is 0.295. The van der Waals surface area contributed by atoms with Gasteiger partial charge < -0.3 is 1.43 Å². The van der Waals surface area contributed by atoms with Gasteiger partial charge >= 0.3 is 29.6 Å². The van der Waals surface area contributed by atoms with Crippen LogP contribution in [-0.4, -0.2) is 0 Å². The third-order valence-corrected chi connectivity index (χ3v) is 1.21. The van der Waals surface area contributed by atoms with Crippen LogP contribution in [0.1, 0.15) is 41.0 Å². The van der Waals surface area contributed by atoms with E-state index in [4.69, 9.17) is 0 Å². The van der Waals surface area contributed by atoms with Gasteiger partial charge in [0.1, 0.15) is 0 Å². The molecule has 0 aromatic carbocycles. The van der Waals surface area contributed by atoms with Gasteiger partial charge in [0.2, 0.25) is 0 Å². The predicted molar refractivity (Wildman–Crippen MR) is 40.1 cm³/mol. The summed E-state index contributed by atoms with van der Waals surface area (Å²) in [6.45, 7) is 4.31. The van der Waals surface area contributed by atoms with E-state index >= 15 is 0 Å². The van der Waals surface area contributed by atoms with E-state index in [0.717, 1.165) is 0 Å². The Morgan fingerprint density at radius 2 is 2.00 bits per heavy atom. The smallest absolute Gasteiger partial charge is 1.00 e. The molecule has 0 aliphatic rings. The van der Waals surface area contributed by atoms with Crippen molar-refractivity contribution >= 4 is 0 Å². The molecule has 0 radical (unpaired) electrons. The van der Waals surface area contributed by atoms with Gasteiger partial charge in [-0.3, -0.25) is 0 Å². The molecule has 0 aromatic heterocycles. The summed E-state index contributed by atoms with van der Waals surface area (Å²) in [5.74, 6) is 0. The van der Waals surface area contributed by atoms with Gasteiger partial charge in [0.15, 0.2) is 0 Å². The van der Waals surface area contributed by atoms with E-state index in [0.29, 0.717) is 0 Å². The zero-order valence-electron chi connectivity index (χ0n) is 7.98. The fourth-order valence-corrected chi connectivity index (χ4v) is 0.679. The van der Waals surface area contributed by atoms with Crippen LogP contribution in [0.4, 0.5) is 0 Å². The Labute approximate surface area is 82.5 Å². The van der Waals surface area contributed by atoms with Crippen LogP contribution in [0.3, 0.4) is 0 Å². The first-order chi connectivity index (χ1) is 3.91. The molecule has 50 valence electrons. The first-order valence-electron chi connectivity index (χ1n) is 3.53. The Kier molecular flexibility index (Phi) is 15.9. The summed E-state index contributed by atoms with van der Waals surface area (Å²) in [4.78, 5) is 0. The zero-order valence-corrected chi connectivity index (χ0v) is 8.98. The number of rotatable bonds is 4. The number of hydrogen-bond acceptors (Lipinski definition) is 0. The largest absolute Gasteiger partial charge is 1.00 e. The Bertz CT molecular complexity index is 62.3. The third-order valence-electron chi connectivity index (χ3n) is 1.21. The maximum Gasteiger partial charge on any atom is 1.00 e. The molecule has 0 amide bonds. The van der Waals surface area contributed by atoms with Crippen molar-refractivity contribution in [1.82, 2.24) is 0 Å². The molecular formula is C8H17Na. The predicted octanol–water partition coefficient (Wildman–Crippen LogP) is 0.259. The van der Waals surface area contributed by atoms with Crippen molar-refractivity contribution in [1.29, 1.82) is 0 Å². The SMILES string of the molecule is CC=CCCCCC.[H-].[Na+]. The van der Waals surface area contributed by atoms with Gasteiger partial charge in [-0.2, -0.15) is 0 Å². The molecule has 0 aliphatic carbocycles. The molecule has 0 aromatic rings. The summed E-state index contributed by atoms with van der Waals surface area (Å²) in [6, 6.07) is 0. The van der Waals surface area contributed by atoms with Crippen LogP contribution in [0.15, 0.2) is 12.2 Å². The minimum Gasteiger partial charge on any atom is -1.00 e. The van der Waals surface area contributed by atoms with Gasteiger partial charge in [0.05, 0.1) is 0 Å². The van der Waals surface area contributed by atoms with Crippen LogP contribution in [-0.2, 0) is 0 Å². The van der Waals surface area contributed by atoms with Crippen LogP contribution in [0.5, 0.6) is 0 Å². The number of allylic oxidation sites excluding steroid dienone is 2. The van der Waals surface area contributed by atoms with Crippen molar-refractivity contribution in [2.24, 2.45) is 0 Å². The Morgan fingerprint density at radius 3 is 2.44 bits per heavy atom. The number of hydrogen-bond donors (Lipinski definition) is 0. The molecule has 0 unspecified atom stereocenters. The maximum absolute atomic E-state index is 2.23. The molecule has 0 aliphatic heterocycles. The minimum absolute atomic E-state index is 0. The van der Waals surface area contributed by atoms with Crippen molar-refractivity contribution in [3.63, 3.8) is 0 Å². The van der Waals surface area contributed by atoms with Crippen molar-refractivity contribution in [2.75, 3.05) is 0 Å². The molecule has 0 bridgehead atoms. The van der Waals surface area contributed by atoms with E-state index in [-0.39, 0.29) is 31.0 Å². The standard InChI is InChI=1S/C8H16.Na.H/c1-3-5-7-8-6-4-2;;/h3,5H,4,6-8H2,1-2H3;;/q;+1;-1. The molecule has 0 rings (SSSR count). The van der Waals surface area contributed by atoms with E-state index < -0.39 is 0 Å². The fourth-order valence-electron chi connectivity index (χ4n) is 0.679. The van der Waals surface area contributed by atoms with Crippen LogP contribution in [0.2, 0.25) is 0 Å². The van der Waals surface area contributed by atoms with E-state index in [2.05, 4.69) is 26.0 Å². The fraction of sp³-hybridized carbons (Fsp3) is 0.750. The van der Waals surface area contributed by atoms with Gasteiger partial charge in [-0.1, -0.05) is 31.9 Å². The topological polar surface area (TPSA) is 0 Å². The normalized spacial score (nSPS) is 9.56. The second kappa shape index (κ2) is 11.5. The monoisotopic (exact) mass is 136 g/mol. The van der Waals surface area contributed by atoms with Crippen molar-refractivity contribution in [3.05, 3.63) is 12.2 Å². The van der Waals surface area contributed by atoms with E-state index in [1.807, 2.05) is 0 Å². The van der Waals surface area contributed by atoms with E-state index in [1.165, 1.54) is 25.7 Å². The van der Waals surface area contributed by atoms with Crippen LogP contribution < -0.4 is 29.6 Å². The summed E-state index contributed by atoms with van der Waals surface area (Å²) in [6.07, 6.45) is 9.69. The van der Waals surface area contributed by atoms with Crippen LogP contribution in [0, 0.1) is 0 Å². The van der Waals surface area contributed by atoms with Gasteiger partial charge in [-0.15, -0.1) is 0 Å².